The number of nitrogens with one attached hydrogen (secondary N) is 4. The number of aromatic nitrogens is 2. The molecule has 5 atom stereocenters. The zero-order valence-corrected chi connectivity index (χ0v) is 20.6. The molecule has 15 nitrogen and oxygen atoms in total. The number of H-pyrrole nitrogens is 1. The Hall–Kier alpha value is -3.72. The maximum Gasteiger partial charge on any atom is 0.326 e. The van der Waals surface area contributed by atoms with E-state index in [0.29, 0.717) is 5.69 Å². The lowest BCUT2D eigenvalue weighted by atomic mass is 10.0. The molecule has 15 heteroatoms. The predicted octanol–water partition coefficient (Wildman–Crippen LogP) is -3.09. The van der Waals surface area contributed by atoms with Crippen molar-refractivity contribution in [1.29, 1.82) is 0 Å². The van der Waals surface area contributed by atoms with Crippen LogP contribution in [0, 0.1) is 5.92 Å². The molecule has 36 heavy (non-hydrogen) atoms. The standard InChI is InChI=1S/C21H37N9O6/c1-10(2)15(22)18(33)30-16(11(3)31)19(34)29-14(7-12-8-25-9-27-12)17(32)28-13(20(35)36)5-4-6-26-21(23)24/h8-11,13-16,31H,4-7,22H2,1-3H3,(H,25,27)(H,28,32)(H,29,34)(H,30,33)(H,35,36)(H4,23,24,26). The van der Waals surface area contributed by atoms with Gasteiger partial charge >= 0.3 is 5.97 Å². The molecule has 1 rings (SSSR count). The number of imidazole rings is 1. The van der Waals surface area contributed by atoms with Gasteiger partial charge in [0.25, 0.3) is 0 Å². The quantitative estimate of drug-likeness (QED) is 0.0650. The number of rotatable bonds is 15. The molecule has 202 valence electrons. The summed E-state index contributed by atoms with van der Waals surface area (Å²) < 4.78 is 0. The lowest BCUT2D eigenvalue weighted by Gasteiger charge is -2.27. The van der Waals surface area contributed by atoms with Crippen molar-refractivity contribution in [2.45, 2.75) is 70.3 Å². The molecule has 5 unspecified atom stereocenters. The summed E-state index contributed by atoms with van der Waals surface area (Å²) >= 11 is 0. The smallest absolute Gasteiger partial charge is 0.326 e. The normalized spacial score (nSPS) is 15.2. The van der Waals surface area contributed by atoms with Gasteiger partial charge in [0.05, 0.1) is 18.5 Å². The second-order valence-corrected chi connectivity index (χ2v) is 8.69. The Bertz CT molecular complexity index is 900. The third kappa shape index (κ3) is 10.3. The molecule has 0 aliphatic rings. The Morgan fingerprint density at radius 1 is 1.06 bits per heavy atom. The highest BCUT2D eigenvalue weighted by atomic mass is 16.4. The number of carbonyl (C=O) groups excluding carboxylic acids is 3. The number of aromatic amines is 1. The number of carboxylic acids is 1. The van der Waals surface area contributed by atoms with Gasteiger partial charge in [0.1, 0.15) is 18.1 Å². The Morgan fingerprint density at radius 3 is 2.19 bits per heavy atom. The average Bonchev–Trinajstić information content (AvgIpc) is 3.30. The topological polar surface area (TPSA) is 264 Å². The summed E-state index contributed by atoms with van der Waals surface area (Å²) in [5.74, 6) is -3.93. The maximum atomic E-state index is 13.0. The van der Waals surface area contributed by atoms with Crippen molar-refractivity contribution in [3.05, 3.63) is 18.2 Å². The summed E-state index contributed by atoms with van der Waals surface area (Å²) in [7, 11) is 0. The minimum absolute atomic E-state index is 0.0298. The molecule has 0 spiro atoms. The molecule has 1 aromatic rings. The Labute approximate surface area is 208 Å². The molecule has 0 aliphatic carbocycles. The number of hydrogen-bond acceptors (Lipinski definition) is 8. The van der Waals surface area contributed by atoms with Gasteiger partial charge in [-0.1, -0.05) is 13.8 Å². The molecule has 12 N–H and O–H groups in total. The second-order valence-electron chi connectivity index (χ2n) is 8.69. The van der Waals surface area contributed by atoms with Crippen molar-refractivity contribution >= 4 is 29.7 Å². The molecular formula is C21H37N9O6. The van der Waals surface area contributed by atoms with Crippen molar-refractivity contribution in [2.24, 2.45) is 28.1 Å². The molecule has 0 fully saturated rings. The number of nitrogens with two attached hydrogens (primary N) is 3. The van der Waals surface area contributed by atoms with Crippen LogP contribution in [0.3, 0.4) is 0 Å². The summed E-state index contributed by atoms with van der Waals surface area (Å²) in [6.45, 7) is 4.92. The number of aliphatic hydroxyl groups is 1. The molecule has 1 heterocycles. The summed E-state index contributed by atoms with van der Waals surface area (Å²) in [6.07, 6.45) is 1.74. The van der Waals surface area contributed by atoms with E-state index in [4.69, 9.17) is 17.2 Å². The van der Waals surface area contributed by atoms with E-state index in [1.807, 2.05) is 0 Å². The average molecular weight is 512 g/mol. The number of aliphatic imine (C=N–C) groups is 1. The first-order chi connectivity index (χ1) is 16.8. The zero-order chi connectivity index (χ0) is 27.4. The van der Waals surface area contributed by atoms with Gasteiger partial charge in [-0.2, -0.15) is 0 Å². The molecule has 0 bridgehead atoms. The van der Waals surface area contributed by atoms with Crippen LogP contribution in [0.4, 0.5) is 0 Å². The van der Waals surface area contributed by atoms with E-state index >= 15 is 0 Å². The van der Waals surface area contributed by atoms with Gasteiger partial charge in [-0.15, -0.1) is 0 Å². The number of hydrogen-bond donors (Lipinski definition) is 9. The van der Waals surface area contributed by atoms with Crippen molar-refractivity contribution in [1.82, 2.24) is 25.9 Å². The van der Waals surface area contributed by atoms with Crippen molar-refractivity contribution < 1.29 is 29.4 Å². The number of amides is 3. The van der Waals surface area contributed by atoms with Crippen molar-refractivity contribution in [2.75, 3.05) is 6.54 Å². The highest BCUT2D eigenvalue weighted by molar-refractivity contribution is 5.94. The van der Waals surface area contributed by atoms with E-state index in [1.165, 1.54) is 19.4 Å². The van der Waals surface area contributed by atoms with Crippen molar-refractivity contribution in [3.8, 4) is 0 Å². The summed E-state index contributed by atoms with van der Waals surface area (Å²) in [4.78, 5) is 60.4. The van der Waals surface area contributed by atoms with Crippen LogP contribution in [0.2, 0.25) is 0 Å². The molecular weight excluding hydrogens is 474 g/mol. The van der Waals surface area contributed by atoms with Gasteiger partial charge in [0.2, 0.25) is 17.7 Å². The van der Waals surface area contributed by atoms with Crippen LogP contribution in [-0.4, -0.2) is 86.6 Å². The Balaban J connectivity index is 3.01. The van der Waals surface area contributed by atoms with Crippen LogP contribution in [0.25, 0.3) is 0 Å². The lowest BCUT2D eigenvalue weighted by molar-refractivity contribution is -0.142. The molecule has 0 aromatic carbocycles. The molecule has 0 radical (unpaired) electrons. The van der Waals surface area contributed by atoms with Gasteiger partial charge in [0.15, 0.2) is 5.96 Å². The van der Waals surface area contributed by atoms with E-state index in [2.05, 4.69) is 30.9 Å². The molecule has 0 saturated heterocycles. The van der Waals surface area contributed by atoms with E-state index in [-0.39, 0.29) is 37.7 Å². The number of carbonyl (C=O) groups is 4. The van der Waals surface area contributed by atoms with Crippen LogP contribution in [0.1, 0.15) is 39.3 Å². The SMILES string of the molecule is CC(C)C(N)C(=O)NC(C(=O)NC(Cc1cnc[nH]1)C(=O)NC(CCCN=C(N)N)C(=O)O)C(C)O. The van der Waals surface area contributed by atoms with Crippen LogP contribution >= 0.6 is 0 Å². The number of aliphatic hydroxyl groups excluding tert-OH is 1. The van der Waals surface area contributed by atoms with Gasteiger partial charge in [-0.25, -0.2) is 9.78 Å². The number of aliphatic carboxylic acids is 1. The largest absolute Gasteiger partial charge is 0.480 e. The minimum atomic E-state index is -1.41. The summed E-state index contributed by atoms with van der Waals surface area (Å²) in [5.41, 5.74) is 16.8. The fourth-order valence-electron chi connectivity index (χ4n) is 3.08. The van der Waals surface area contributed by atoms with E-state index in [1.54, 1.807) is 13.8 Å². The third-order valence-electron chi connectivity index (χ3n) is 5.26. The lowest BCUT2D eigenvalue weighted by Crippen LogP contribution is -2.60. The first-order valence-corrected chi connectivity index (χ1v) is 11.4. The van der Waals surface area contributed by atoms with Crippen molar-refractivity contribution in [3.63, 3.8) is 0 Å². The maximum absolute atomic E-state index is 13.0. The fourth-order valence-corrected chi connectivity index (χ4v) is 3.08. The molecule has 3 amide bonds. The Kier molecular flexibility index (Phi) is 12.3. The molecule has 1 aromatic heterocycles. The number of carboxylic acid groups (broad SMARTS) is 1. The van der Waals surface area contributed by atoms with E-state index in [9.17, 15) is 29.4 Å². The third-order valence-corrected chi connectivity index (χ3v) is 5.26. The number of nitrogens with zero attached hydrogens (tertiary/aromatic N) is 2. The Morgan fingerprint density at radius 2 is 1.69 bits per heavy atom. The monoisotopic (exact) mass is 511 g/mol. The van der Waals surface area contributed by atoms with Crippen LogP contribution in [0.5, 0.6) is 0 Å². The fraction of sp³-hybridized carbons (Fsp3) is 0.619. The molecule has 0 aliphatic heterocycles. The summed E-state index contributed by atoms with van der Waals surface area (Å²) in [5, 5.41) is 26.9. The van der Waals surface area contributed by atoms with Gasteiger partial charge < -0.3 is 48.3 Å². The summed E-state index contributed by atoms with van der Waals surface area (Å²) in [6, 6.07) is -4.86. The van der Waals surface area contributed by atoms with Crippen LogP contribution in [0.15, 0.2) is 17.5 Å². The van der Waals surface area contributed by atoms with Gasteiger partial charge in [0, 0.05) is 24.9 Å². The van der Waals surface area contributed by atoms with Crippen LogP contribution in [-0.2, 0) is 25.6 Å². The van der Waals surface area contributed by atoms with E-state index < -0.39 is 54.0 Å². The highest BCUT2D eigenvalue weighted by Gasteiger charge is 2.33. The molecule has 0 saturated carbocycles. The number of guanidine groups is 1. The van der Waals surface area contributed by atoms with Crippen LogP contribution < -0.4 is 33.2 Å². The van der Waals surface area contributed by atoms with Gasteiger partial charge in [-0.3, -0.25) is 19.4 Å². The zero-order valence-electron chi connectivity index (χ0n) is 20.6. The minimum Gasteiger partial charge on any atom is -0.480 e. The first kappa shape index (κ1) is 30.3. The van der Waals surface area contributed by atoms with Gasteiger partial charge in [-0.05, 0) is 25.7 Å². The second kappa shape index (κ2) is 14.6. The van der Waals surface area contributed by atoms with E-state index in [0.717, 1.165) is 0 Å². The highest BCUT2D eigenvalue weighted by Crippen LogP contribution is 2.06. The first-order valence-electron chi connectivity index (χ1n) is 11.4. The predicted molar refractivity (Wildman–Crippen MR) is 130 cm³/mol.